The lowest BCUT2D eigenvalue weighted by atomic mass is 10.2. The third-order valence-corrected chi connectivity index (χ3v) is 4.79. The lowest BCUT2D eigenvalue weighted by Crippen LogP contribution is -2.20. The molecule has 8 heteroatoms. The van der Waals surface area contributed by atoms with Crippen molar-refractivity contribution in [2.24, 2.45) is 5.10 Å². The minimum absolute atomic E-state index is 0.171. The molecule has 0 spiro atoms. The maximum absolute atomic E-state index is 12.2. The third-order valence-electron chi connectivity index (χ3n) is 4.46. The number of halogens is 1. The second-order valence-corrected chi connectivity index (χ2v) is 7.43. The molecule has 0 unspecified atom stereocenters. The van der Waals surface area contributed by atoms with Gasteiger partial charge in [-0.2, -0.15) is 5.10 Å². The fraction of sp³-hybridized carbons (Fsp3) is 0.160. The van der Waals surface area contributed by atoms with Crippen LogP contribution in [0.3, 0.4) is 0 Å². The molecular formula is C25H24ClN3O4. The molecule has 0 atom stereocenters. The Morgan fingerprint density at radius 3 is 2.48 bits per heavy atom. The van der Waals surface area contributed by atoms with Gasteiger partial charge in [0.15, 0.2) is 18.1 Å². The third kappa shape index (κ3) is 7.08. The standard InChI is InChI=1S/C25H24ClN3O4/c1-3-32-23-14-18(15-27-29-25(31)20-6-4-5-7-21(20)26)10-13-22(23)33-16-24(30)28-19-11-8-17(2)9-12-19/h4-15H,3,16H2,1-2H3,(H,28,30)(H,29,31)/b27-15-. The first-order chi connectivity index (χ1) is 16.0. The monoisotopic (exact) mass is 465 g/mol. The van der Waals surface area contributed by atoms with Crippen molar-refractivity contribution in [1.29, 1.82) is 0 Å². The Morgan fingerprint density at radius 1 is 1.00 bits per heavy atom. The molecule has 7 nitrogen and oxygen atoms in total. The number of anilines is 1. The molecule has 0 fully saturated rings. The molecule has 0 heterocycles. The highest BCUT2D eigenvalue weighted by Gasteiger charge is 2.10. The van der Waals surface area contributed by atoms with Gasteiger partial charge < -0.3 is 14.8 Å². The fourth-order valence-electron chi connectivity index (χ4n) is 2.84. The topological polar surface area (TPSA) is 89.0 Å². The second kappa shape index (κ2) is 11.7. The number of hydrogen-bond acceptors (Lipinski definition) is 5. The number of rotatable bonds is 9. The minimum atomic E-state index is -0.415. The lowest BCUT2D eigenvalue weighted by Gasteiger charge is -2.12. The van der Waals surface area contributed by atoms with Gasteiger partial charge in [-0.05, 0) is 61.9 Å². The number of ether oxygens (including phenoxy) is 2. The van der Waals surface area contributed by atoms with Gasteiger partial charge in [-0.15, -0.1) is 0 Å². The van der Waals surface area contributed by atoms with E-state index in [2.05, 4.69) is 15.8 Å². The molecule has 3 aromatic carbocycles. The number of nitrogens with one attached hydrogen (secondary N) is 2. The molecule has 3 rings (SSSR count). The molecule has 0 saturated heterocycles. The summed E-state index contributed by atoms with van der Waals surface area (Å²) in [6.45, 7) is 4.06. The van der Waals surface area contributed by atoms with Gasteiger partial charge in [-0.3, -0.25) is 9.59 Å². The highest BCUT2D eigenvalue weighted by Crippen LogP contribution is 2.28. The van der Waals surface area contributed by atoms with E-state index in [1.807, 2.05) is 38.1 Å². The predicted molar refractivity (Wildman–Crippen MR) is 129 cm³/mol. The van der Waals surface area contributed by atoms with Crippen LogP contribution in [0, 0.1) is 6.92 Å². The van der Waals surface area contributed by atoms with Crippen molar-refractivity contribution in [2.45, 2.75) is 13.8 Å². The van der Waals surface area contributed by atoms with E-state index < -0.39 is 5.91 Å². The maximum atomic E-state index is 12.2. The van der Waals surface area contributed by atoms with Gasteiger partial charge in [0.1, 0.15) is 0 Å². The molecule has 2 N–H and O–H groups in total. The van der Waals surface area contributed by atoms with Crippen LogP contribution >= 0.6 is 11.6 Å². The molecule has 0 aliphatic heterocycles. The lowest BCUT2D eigenvalue weighted by molar-refractivity contribution is -0.118. The second-order valence-electron chi connectivity index (χ2n) is 7.02. The number of benzene rings is 3. The Balaban J connectivity index is 1.60. The Morgan fingerprint density at radius 2 is 1.76 bits per heavy atom. The molecular weight excluding hydrogens is 442 g/mol. The van der Waals surface area contributed by atoms with Crippen molar-refractivity contribution >= 4 is 35.3 Å². The van der Waals surface area contributed by atoms with Crippen LogP contribution in [-0.2, 0) is 4.79 Å². The minimum Gasteiger partial charge on any atom is -0.490 e. The van der Waals surface area contributed by atoms with Crippen LogP contribution in [0.5, 0.6) is 11.5 Å². The van der Waals surface area contributed by atoms with E-state index in [9.17, 15) is 9.59 Å². The molecule has 33 heavy (non-hydrogen) atoms. The molecule has 0 saturated carbocycles. The Labute approximate surface area is 197 Å². The van der Waals surface area contributed by atoms with Crippen molar-refractivity contribution in [3.8, 4) is 11.5 Å². The quantitative estimate of drug-likeness (QED) is 0.350. The number of carbonyl (C=O) groups is 2. The number of nitrogens with zero attached hydrogens (tertiary/aromatic N) is 1. The van der Waals surface area contributed by atoms with Gasteiger partial charge in [0.25, 0.3) is 11.8 Å². The fourth-order valence-corrected chi connectivity index (χ4v) is 3.06. The van der Waals surface area contributed by atoms with Crippen LogP contribution in [0.2, 0.25) is 5.02 Å². The van der Waals surface area contributed by atoms with Crippen molar-refractivity contribution in [1.82, 2.24) is 5.43 Å². The molecule has 0 aromatic heterocycles. The zero-order valence-electron chi connectivity index (χ0n) is 18.3. The van der Waals surface area contributed by atoms with Crippen molar-refractivity contribution < 1.29 is 19.1 Å². The summed E-state index contributed by atoms with van der Waals surface area (Å²) in [5.74, 6) is 0.186. The summed E-state index contributed by atoms with van der Waals surface area (Å²) in [5, 5.41) is 7.10. The van der Waals surface area contributed by atoms with Crippen LogP contribution in [0.4, 0.5) is 5.69 Å². The summed E-state index contributed by atoms with van der Waals surface area (Å²) in [6.07, 6.45) is 1.48. The summed E-state index contributed by atoms with van der Waals surface area (Å²) in [7, 11) is 0. The summed E-state index contributed by atoms with van der Waals surface area (Å²) in [5.41, 5.74) is 5.26. The Bertz CT molecular complexity index is 1150. The smallest absolute Gasteiger partial charge is 0.272 e. The van der Waals surface area contributed by atoms with E-state index in [4.69, 9.17) is 21.1 Å². The Hall–Kier alpha value is -3.84. The van der Waals surface area contributed by atoms with Crippen LogP contribution < -0.4 is 20.2 Å². The van der Waals surface area contributed by atoms with Gasteiger partial charge in [0.2, 0.25) is 0 Å². The summed E-state index contributed by atoms with van der Waals surface area (Å²) in [4.78, 5) is 24.4. The summed E-state index contributed by atoms with van der Waals surface area (Å²) >= 11 is 6.02. The average molecular weight is 466 g/mol. The van der Waals surface area contributed by atoms with Crippen LogP contribution in [0.15, 0.2) is 71.8 Å². The van der Waals surface area contributed by atoms with Crippen molar-refractivity contribution in [2.75, 3.05) is 18.5 Å². The van der Waals surface area contributed by atoms with E-state index in [1.165, 1.54) is 6.21 Å². The molecule has 0 aliphatic carbocycles. The number of amides is 2. The maximum Gasteiger partial charge on any atom is 0.272 e. The SMILES string of the molecule is CCOc1cc(/C=N\NC(=O)c2ccccc2Cl)ccc1OCC(=O)Nc1ccc(C)cc1. The molecule has 0 bridgehead atoms. The average Bonchev–Trinajstić information content (AvgIpc) is 2.80. The highest BCUT2D eigenvalue weighted by molar-refractivity contribution is 6.33. The first kappa shape index (κ1) is 23.8. The molecule has 3 aromatic rings. The van der Waals surface area contributed by atoms with Crippen LogP contribution in [0.1, 0.15) is 28.4 Å². The van der Waals surface area contributed by atoms with Gasteiger partial charge in [-0.25, -0.2) is 5.43 Å². The van der Waals surface area contributed by atoms with Crippen LogP contribution in [-0.4, -0.2) is 31.2 Å². The largest absolute Gasteiger partial charge is 0.490 e. The number of hydrogen-bond donors (Lipinski definition) is 2. The Kier molecular flexibility index (Phi) is 8.43. The van der Waals surface area contributed by atoms with E-state index in [0.717, 1.165) is 5.56 Å². The summed E-state index contributed by atoms with van der Waals surface area (Å²) < 4.78 is 11.3. The first-order valence-corrected chi connectivity index (χ1v) is 10.7. The van der Waals surface area contributed by atoms with E-state index in [0.29, 0.717) is 39.9 Å². The van der Waals surface area contributed by atoms with Crippen molar-refractivity contribution in [3.05, 3.63) is 88.4 Å². The normalized spacial score (nSPS) is 10.6. The van der Waals surface area contributed by atoms with Crippen LogP contribution in [0.25, 0.3) is 0 Å². The van der Waals surface area contributed by atoms with Crippen molar-refractivity contribution in [3.63, 3.8) is 0 Å². The zero-order chi connectivity index (χ0) is 23.6. The molecule has 170 valence electrons. The van der Waals surface area contributed by atoms with E-state index in [1.54, 1.807) is 42.5 Å². The first-order valence-electron chi connectivity index (χ1n) is 10.3. The van der Waals surface area contributed by atoms with Gasteiger partial charge in [-0.1, -0.05) is 41.4 Å². The number of carbonyl (C=O) groups excluding carboxylic acids is 2. The highest BCUT2D eigenvalue weighted by atomic mass is 35.5. The number of aryl methyl sites for hydroxylation is 1. The predicted octanol–water partition coefficient (Wildman–Crippen LogP) is 4.83. The molecule has 0 radical (unpaired) electrons. The van der Waals surface area contributed by atoms with Gasteiger partial charge in [0, 0.05) is 5.69 Å². The van der Waals surface area contributed by atoms with Gasteiger partial charge >= 0.3 is 0 Å². The summed E-state index contributed by atoms with van der Waals surface area (Å²) in [6, 6.07) is 19.3. The zero-order valence-corrected chi connectivity index (χ0v) is 19.1. The molecule has 2 amide bonds. The van der Waals surface area contributed by atoms with E-state index >= 15 is 0 Å². The number of hydrazone groups is 1. The van der Waals surface area contributed by atoms with Gasteiger partial charge in [0.05, 0.1) is 23.4 Å². The molecule has 0 aliphatic rings. The van der Waals surface area contributed by atoms with E-state index in [-0.39, 0.29) is 12.5 Å².